The lowest BCUT2D eigenvalue weighted by Crippen LogP contribution is -2.41. The number of benzene rings is 1. The molecule has 1 atom stereocenters. The van der Waals surface area contributed by atoms with Crippen molar-refractivity contribution >= 4 is 16.9 Å². The highest BCUT2D eigenvalue weighted by atomic mass is 15.3. The van der Waals surface area contributed by atoms with Crippen LogP contribution < -0.4 is 5.32 Å². The third-order valence-corrected chi connectivity index (χ3v) is 5.79. The SMILES string of the molecule is CCN(CC)CC1CCN(C(=NC)NCCCc2c[nH]c3ccccc23)C1. The van der Waals surface area contributed by atoms with Gasteiger partial charge in [-0.3, -0.25) is 4.99 Å². The van der Waals surface area contributed by atoms with Gasteiger partial charge in [0.15, 0.2) is 5.96 Å². The normalized spacial score (nSPS) is 18.0. The summed E-state index contributed by atoms with van der Waals surface area (Å²) in [4.78, 5) is 12.9. The minimum atomic E-state index is 0.759. The van der Waals surface area contributed by atoms with Crippen molar-refractivity contribution in [2.45, 2.75) is 33.1 Å². The molecule has 0 spiro atoms. The van der Waals surface area contributed by atoms with Gasteiger partial charge in [0.05, 0.1) is 0 Å². The predicted octanol–water partition coefficient (Wildman–Crippen LogP) is 3.34. The van der Waals surface area contributed by atoms with E-state index in [0.29, 0.717) is 0 Å². The molecule has 1 aliphatic rings. The van der Waals surface area contributed by atoms with E-state index in [0.717, 1.165) is 57.4 Å². The van der Waals surface area contributed by atoms with Gasteiger partial charge in [-0.2, -0.15) is 0 Å². The highest BCUT2D eigenvalue weighted by molar-refractivity contribution is 5.83. The van der Waals surface area contributed by atoms with Crippen molar-refractivity contribution in [2.24, 2.45) is 10.9 Å². The maximum absolute atomic E-state index is 4.52. The van der Waals surface area contributed by atoms with Gasteiger partial charge in [0.2, 0.25) is 0 Å². The number of hydrogen-bond donors (Lipinski definition) is 2. The molecule has 27 heavy (non-hydrogen) atoms. The Morgan fingerprint density at radius 3 is 2.89 bits per heavy atom. The maximum atomic E-state index is 4.52. The molecule has 5 heteroatoms. The van der Waals surface area contributed by atoms with E-state index >= 15 is 0 Å². The first kappa shape index (κ1) is 19.7. The van der Waals surface area contributed by atoms with E-state index in [2.05, 4.69) is 69.4 Å². The van der Waals surface area contributed by atoms with Crippen molar-refractivity contribution in [3.05, 3.63) is 36.0 Å². The quantitative estimate of drug-likeness (QED) is 0.426. The molecule has 0 saturated carbocycles. The first-order valence-corrected chi connectivity index (χ1v) is 10.5. The largest absolute Gasteiger partial charge is 0.361 e. The molecule has 1 fully saturated rings. The van der Waals surface area contributed by atoms with Crippen molar-refractivity contribution in [3.63, 3.8) is 0 Å². The highest BCUT2D eigenvalue weighted by Crippen LogP contribution is 2.19. The van der Waals surface area contributed by atoms with Crippen LogP contribution in [0.1, 0.15) is 32.3 Å². The van der Waals surface area contributed by atoms with Gasteiger partial charge in [-0.25, -0.2) is 0 Å². The molecule has 2 aromatic rings. The summed E-state index contributed by atoms with van der Waals surface area (Å²) in [5.74, 6) is 1.82. The Morgan fingerprint density at radius 1 is 1.30 bits per heavy atom. The Balaban J connectivity index is 1.43. The Bertz CT molecular complexity index is 731. The molecular formula is C22H35N5. The van der Waals surface area contributed by atoms with Crippen LogP contribution in [0.3, 0.4) is 0 Å². The summed E-state index contributed by atoms with van der Waals surface area (Å²) < 4.78 is 0. The van der Waals surface area contributed by atoms with Gasteiger partial charge in [0, 0.05) is 50.3 Å². The van der Waals surface area contributed by atoms with Crippen LogP contribution in [0, 0.1) is 5.92 Å². The van der Waals surface area contributed by atoms with Crippen LogP contribution in [0.5, 0.6) is 0 Å². The standard InChI is InChI=1S/C22H35N5/c1-4-26(5-2)16-18-12-14-27(17-18)22(23-3)24-13-8-9-19-15-25-21-11-7-6-10-20(19)21/h6-7,10-11,15,18,25H,4-5,8-9,12-14,16-17H2,1-3H3,(H,23,24). The molecule has 5 nitrogen and oxygen atoms in total. The van der Waals surface area contributed by atoms with Crippen LogP contribution in [-0.2, 0) is 6.42 Å². The van der Waals surface area contributed by atoms with Gasteiger partial charge in [0.25, 0.3) is 0 Å². The van der Waals surface area contributed by atoms with E-state index in [1.807, 2.05) is 7.05 Å². The fourth-order valence-corrected chi connectivity index (χ4v) is 4.17. The number of nitrogens with zero attached hydrogens (tertiary/aromatic N) is 3. The minimum absolute atomic E-state index is 0.759. The van der Waals surface area contributed by atoms with Gasteiger partial charge in [-0.15, -0.1) is 0 Å². The Kier molecular flexibility index (Phi) is 7.16. The van der Waals surface area contributed by atoms with Crippen LogP contribution in [0.4, 0.5) is 0 Å². The summed E-state index contributed by atoms with van der Waals surface area (Å²) in [7, 11) is 1.90. The summed E-state index contributed by atoms with van der Waals surface area (Å²) in [6.07, 6.45) is 5.61. The summed E-state index contributed by atoms with van der Waals surface area (Å²) >= 11 is 0. The molecule has 0 amide bonds. The van der Waals surface area contributed by atoms with Crippen molar-refractivity contribution in [3.8, 4) is 0 Å². The third kappa shape index (κ3) is 5.04. The molecule has 1 unspecified atom stereocenters. The van der Waals surface area contributed by atoms with Crippen molar-refractivity contribution in [1.82, 2.24) is 20.1 Å². The lowest BCUT2D eigenvalue weighted by atomic mass is 10.1. The zero-order chi connectivity index (χ0) is 19.1. The molecule has 1 aromatic carbocycles. The minimum Gasteiger partial charge on any atom is -0.361 e. The van der Waals surface area contributed by atoms with Crippen molar-refractivity contribution < 1.29 is 0 Å². The Morgan fingerprint density at radius 2 is 2.11 bits per heavy atom. The molecule has 1 aromatic heterocycles. The molecule has 0 bridgehead atoms. The second-order valence-corrected chi connectivity index (χ2v) is 7.52. The fourth-order valence-electron chi connectivity index (χ4n) is 4.17. The van der Waals surface area contributed by atoms with E-state index in [-0.39, 0.29) is 0 Å². The van der Waals surface area contributed by atoms with E-state index in [4.69, 9.17) is 0 Å². The van der Waals surface area contributed by atoms with Crippen LogP contribution >= 0.6 is 0 Å². The van der Waals surface area contributed by atoms with Crippen LogP contribution in [0.2, 0.25) is 0 Å². The number of hydrogen-bond acceptors (Lipinski definition) is 2. The lowest BCUT2D eigenvalue weighted by molar-refractivity contribution is 0.255. The van der Waals surface area contributed by atoms with Gasteiger partial charge in [0.1, 0.15) is 0 Å². The smallest absolute Gasteiger partial charge is 0.193 e. The van der Waals surface area contributed by atoms with Crippen LogP contribution in [0.15, 0.2) is 35.5 Å². The molecule has 0 radical (unpaired) electrons. The number of guanidine groups is 1. The molecule has 3 rings (SSSR count). The fraction of sp³-hybridized carbons (Fsp3) is 0.591. The van der Waals surface area contributed by atoms with Gasteiger partial charge < -0.3 is 20.1 Å². The summed E-state index contributed by atoms with van der Waals surface area (Å²) in [6, 6.07) is 8.54. The van der Waals surface area contributed by atoms with Gasteiger partial charge >= 0.3 is 0 Å². The Labute approximate surface area is 163 Å². The molecule has 2 N–H and O–H groups in total. The third-order valence-electron chi connectivity index (χ3n) is 5.79. The Hall–Kier alpha value is -2.01. The lowest BCUT2D eigenvalue weighted by Gasteiger charge is -2.24. The predicted molar refractivity (Wildman–Crippen MR) is 115 cm³/mol. The molecule has 1 aliphatic heterocycles. The van der Waals surface area contributed by atoms with Crippen molar-refractivity contribution in [2.75, 3.05) is 46.3 Å². The second-order valence-electron chi connectivity index (χ2n) is 7.52. The maximum Gasteiger partial charge on any atom is 0.193 e. The number of likely N-dealkylation sites (tertiary alicyclic amines) is 1. The first-order chi connectivity index (χ1) is 13.2. The first-order valence-electron chi connectivity index (χ1n) is 10.5. The van der Waals surface area contributed by atoms with E-state index < -0.39 is 0 Å². The summed E-state index contributed by atoms with van der Waals surface area (Å²) in [5, 5.41) is 4.92. The summed E-state index contributed by atoms with van der Waals surface area (Å²) in [5.41, 5.74) is 2.63. The summed E-state index contributed by atoms with van der Waals surface area (Å²) in [6.45, 7) is 11.2. The monoisotopic (exact) mass is 369 g/mol. The second kappa shape index (κ2) is 9.79. The average Bonchev–Trinajstić information content (AvgIpc) is 3.33. The number of aromatic nitrogens is 1. The molecule has 1 saturated heterocycles. The number of fused-ring (bicyclic) bond motifs is 1. The highest BCUT2D eigenvalue weighted by Gasteiger charge is 2.25. The zero-order valence-electron chi connectivity index (χ0n) is 17.2. The number of nitrogens with one attached hydrogen (secondary N) is 2. The van der Waals surface area contributed by atoms with Gasteiger partial charge in [-0.05, 0) is 49.9 Å². The molecule has 2 heterocycles. The number of para-hydroxylation sites is 1. The van der Waals surface area contributed by atoms with Crippen molar-refractivity contribution in [1.29, 1.82) is 0 Å². The number of H-pyrrole nitrogens is 1. The number of aliphatic imine (C=N–C) groups is 1. The number of aryl methyl sites for hydroxylation is 1. The van der Waals surface area contributed by atoms with E-state index in [9.17, 15) is 0 Å². The van der Waals surface area contributed by atoms with E-state index in [1.165, 1.54) is 29.4 Å². The van der Waals surface area contributed by atoms with Gasteiger partial charge in [-0.1, -0.05) is 32.0 Å². The molecule has 0 aliphatic carbocycles. The number of aromatic amines is 1. The number of rotatable bonds is 8. The van der Waals surface area contributed by atoms with E-state index in [1.54, 1.807) is 0 Å². The molecule has 148 valence electrons. The average molecular weight is 370 g/mol. The topological polar surface area (TPSA) is 46.7 Å². The van der Waals surface area contributed by atoms with Crippen LogP contribution in [0.25, 0.3) is 10.9 Å². The molecular weight excluding hydrogens is 334 g/mol. The zero-order valence-corrected chi connectivity index (χ0v) is 17.2. The van der Waals surface area contributed by atoms with Crippen LogP contribution in [-0.4, -0.2) is 67.1 Å².